The van der Waals surface area contributed by atoms with Crippen molar-refractivity contribution in [2.45, 2.75) is 84.1 Å². The molecule has 1 spiro atoms. The second-order valence-corrected chi connectivity index (χ2v) is 6.55. The van der Waals surface area contributed by atoms with Crippen molar-refractivity contribution in [2.75, 3.05) is 13.1 Å². The maximum Gasteiger partial charge on any atom is 0.00957 e. The predicted octanol–water partition coefficient (Wildman–Crippen LogP) is 4.61. The summed E-state index contributed by atoms with van der Waals surface area (Å²) in [6.45, 7) is 7.52. The van der Waals surface area contributed by atoms with Crippen molar-refractivity contribution in [3.63, 3.8) is 0 Å². The summed E-state index contributed by atoms with van der Waals surface area (Å²) in [5.74, 6) is 0. The number of hydrogen-bond acceptors (Lipinski definition) is 1. The van der Waals surface area contributed by atoms with Crippen molar-refractivity contribution in [2.24, 2.45) is 5.41 Å². The highest BCUT2D eigenvalue weighted by molar-refractivity contribution is 4.99. The van der Waals surface area contributed by atoms with Gasteiger partial charge in [0.25, 0.3) is 0 Å². The first kappa shape index (κ1) is 13.4. The van der Waals surface area contributed by atoms with Gasteiger partial charge in [-0.2, -0.15) is 0 Å². The lowest BCUT2D eigenvalue weighted by Gasteiger charge is -2.52. The molecule has 1 nitrogen and oxygen atoms in total. The Morgan fingerprint density at radius 3 is 1.94 bits per heavy atom. The number of rotatable bonds is 7. The van der Waals surface area contributed by atoms with Crippen molar-refractivity contribution in [1.82, 2.24) is 4.90 Å². The van der Waals surface area contributed by atoms with Crippen molar-refractivity contribution in [3.05, 3.63) is 0 Å². The molecule has 1 aliphatic heterocycles. The zero-order chi connectivity index (χ0) is 12.1. The molecule has 2 aliphatic rings. The van der Waals surface area contributed by atoms with E-state index in [1.165, 1.54) is 77.3 Å². The summed E-state index contributed by atoms with van der Waals surface area (Å²) in [5, 5.41) is 0. The summed E-state index contributed by atoms with van der Waals surface area (Å²) in [7, 11) is 0. The van der Waals surface area contributed by atoms with E-state index in [9.17, 15) is 0 Å². The van der Waals surface area contributed by atoms with E-state index < -0.39 is 0 Å². The molecule has 2 rings (SSSR count). The third kappa shape index (κ3) is 3.24. The summed E-state index contributed by atoms with van der Waals surface area (Å²) >= 11 is 0. The minimum Gasteiger partial charge on any atom is -0.299 e. The van der Waals surface area contributed by atoms with E-state index >= 15 is 0 Å². The minimum absolute atomic E-state index is 0.788. The minimum atomic E-state index is 0.788. The molecule has 1 saturated carbocycles. The molecule has 2 fully saturated rings. The largest absolute Gasteiger partial charge is 0.299 e. The van der Waals surface area contributed by atoms with Crippen molar-refractivity contribution >= 4 is 0 Å². The van der Waals surface area contributed by atoms with Crippen molar-refractivity contribution in [1.29, 1.82) is 0 Å². The van der Waals surface area contributed by atoms with Crippen molar-refractivity contribution < 1.29 is 0 Å². The van der Waals surface area contributed by atoms with Crippen LogP contribution in [0.5, 0.6) is 0 Å². The molecule has 0 aromatic heterocycles. The van der Waals surface area contributed by atoms with Crippen LogP contribution in [0.4, 0.5) is 0 Å². The molecule has 0 bridgehead atoms. The van der Waals surface area contributed by atoms with Crippen LogP contribution >= 0.6 is 0 Å². The van der Waals surface area contributed by atoms with Crippen LogP contribution in [-0.2, 0) is 0 Å². The zero-order valence-electron chi connectivity index (χ0n) is 12.0. The highest BCUT2D eigenvalue weighted by Crippen LogP contribution is 2.46. The lowest BCUT2D eigenvalue weighted by molar-refractivity contribution is -0.0326. The number of nitrogens with zero attached hydrogens (tertiary/aromatic N) is 1. The molecule has 0 amide bonds. The predicted molar refractivity (Wildman–Crippen MR) is 75.3 cm³/mol. The van der Waals surface area contributed by atoms with Gasteiger partial charge in [-0.25, -0.2) is 0 Å². The van der Waals surface area contributed by atoms with Crippen LogP contribution in [0.3, 0.4) is 0 Å². The summed E-state index contributed by atoms with van der Waals surface area (Å²) in [5.41, 5.74) is 0.788. The van der Waals surface area contributed by atoms with Gasteiger partial charge in [-0.3, -0.25) is 4.90 Å². The third-order valence-corrected chi connectivity index (χ3v) is 5.04. The lowest BCUT2D eigenvalue weighted by atomic mass is 9.76. The third-order valence-electron chi connectivity index (χ3n) is 5.04. The van der Waals surface area contributed by atoms with Gasteiger partial charge in [0.15, 0.2) is 0 Å². The molecule has 1 saturated heterocycles. The Balaban J connectivity index is 1.76. The summed E-state index contributed by atoms with van der Waals surface area (Å²) < 4.78 is 0. The van der Waals surface area contributed by atoms with Crippen LogP contribution in [0.1, 0.15) is 78.1 Å². The van der Waals surface area contributed by atoms with Gasteiger partial charge >= 0.3 is 0 Å². The monoisotopic (exact) mass is 237 g/mol. The molecule has 1 heteroatoms. The number of likely N-dealkylation sites (tertiary alicyclic amines) is 1. The van der Waals surface area contributed by atoms with E-state index in [4.69, 9.17) is 0 Å². The summed E-state index contributed by atoms with van der Waals surface area (Å²) in [6, 6.07) is 0.918. The summed E-state index contributed by atoms with van der Waals surface area (Å²) in [6.07, 6.45) is 14.5. The Labute approximate surface area is 108 Å². The van der Waals surface area contributed by atoms with Crippen LogP contribution in [0.25, 0.3) is 0 Å². The van der Waals surface area contributed by atoms with E-state index in [0.717, 1.165) is 11.5 Å². The molecule has 0 atom stereocenters. The molecule has 0 aromatic carbocycles. The number of hydrogen-bond donors (Lipinski definition) is 0. The van der Waals surface area contributed by atoms with Gasteiger partial charge in [-0.05, 0) is 31.1 Å². The topological polar surface area (TPSA) is 3.24 Å². The van der Waals surface area contributed by atoms with Crippen LogP contribution < -0.4 is 0 Å². The standard InChI is InChI=1S/C16H31N/c1-3-5-9-15(10-6-4-2)17-13-16(14-17)11-7-8-12-16/h15H,3-14H2,1-2H3. The smallest absolute Gasteiger partial charge is 0.00957 e. The molecule has 0 aromatic rings. The molecule has 17 heavy (non-hydrogen) atoms. The van der Waals surface area contributed by atoms with E-state index in [1.54, 1.807) is 0 Å². The van der Waals surface area contributed by atoms with Crippen LogP contribution in [0.2, 0.25) is 0 Å². The fraction of sp³-hybridized carbons (Fsp3) is 1.00. The van der Waals surface area contributed by atoms with E-state index in [2.05, 4.69) is 18.7 Å². The van der Waals surface area contributed by atoms with E-state index in [1.807, 2.05) is 0 Å². The molecular weight excluding hydrogens is 206 g/mol. The van der Waals surface area contributed by atoms with Gasteiger partial charge in [-0.1, -0.05) is 52.4 Å². The van der Waals surface area contributed by atoms with Crippen LogP contribution in [0, 0.1) is 5.41 Å². The first-order chi connectivity index (χ1) is 8.29. The zero-order valence-corrected chi connectivity index (χ0v) is 12.0. The molecule has 0 N–H and O–H groups in total. The maximum absolute atomic E-state index is 2.82. The first-order valence-corrected chi connectivity index (χ1v) is 8.04. The normalized spacial score (nSPS) is 23.5. The Morgan fingerprint density at radius 2 is 1.47 bits per heavy atom. The Bertz CT molecular complexity index is 202. The Hall–Kier alpha value is -0.0400. The van der Waals surface area contributed by atoms with Gasteiger partial charge < -0.3 is 0 Å². The van der Waals surface area contributed by atoms with Gasteiger partial charge in [0.05, 0.1) is 0 Å². The maximum atomic E-state index is 2.82. The van der Waals surface area contributed by atoms with Gasteiger partial charge in [0, 0.05) is 19.1 Å². The number of unbranched alkanes of at least 4 members (excludes halogenated alkanes) is 2. The van der Waals surface area contributed by atoms with E-state index in [0.29, 0.717) is 0 Å². The Kier molecular flexibility index (Phi) is 4.90. The molecule has 0 unspecified atom stereocenters. The van der Waals surface area contributed by atoms with Gasteiger partial charge in [0.2, 0.25) is 0 Å². The fourth-order valence-corrected chi connectivity index (χ4v) is 3.90. The van der Waals surface area contributed by atoms with E-state index in [-0.39, 0.29) is 0 Å². The highest BCUT2D eigenvalue weighted by Gasteiger charge is 2.46. The summed E-state index contributed by atoms with van der Waals surface area (Å²) in [4.78, 5) is 2.82. The second-order valence-electron chi connectivity index (χ2n) is 6.55. The molecular formula is C16H31N. The molecule has 0 radical (unpaired) electrons. The highest BCUT2D eigenvalue weighted by atomic mass is 15.2. The Morgan fingerprint density at radius 1 is 0.941 bits per heavy atom. The average Bonchev–Trinajstić information content (AvgIpc) is 2.77. The first-order valence-electron chi connectivity index (χ1n) is 8.04. The second kappa shape index (κ2) is 6.22. The molecule has 100 valence electrons. The van der Waals surface area contributed by atoms with Crippen LogP contribution in [0.15, 0.2) is 0 Å². The lowest BCUT2D eigenvalue weighted by Crippen LogP contribution is -2.58. The van der Waals surface area contributed by atoms with Crippen LogP contribution in [-0.4, -0.2) is 24.0 Å². The quantitative estimate of drug-likeness (QED) is 0.625. The molecule has 1 heterocycles. The van der Waals surface area contributed by atoms with Crippen molar-refractivity contribution in [3.8, 4) is 0 Å². The molecule has 1 aliphatic carbocycles. The average molecular weight is 237 g/mol. The SMILES string of the molecule is CCCCC(CCCC)N1CC2(CCCC2)C1. The van der Waals surface area contributed by atoms with Gasteiger partial charge in [0.1, 0.15) is 0 Å². The fourth-order valence-electron chi connectivity index (χ4n) is 3.90. The van der Waals surface area contributed by atoms with Gasteiger partial charge in [-0.15, -0.1) is 0 Å².